The number of hydrogen-bond donors (Lipinski definition) is 2. The average Bonchev–Trinajstić information content (AvgIpc) is 2.41. The zero-order valence-electron chi connectivity index (χ0n) is 11.6. The van der Waals surface area contributed by atoms with Gasteiger partial charge in [-0.05, 0) is 31.2 Å². The maximum absolute atomic E-state index is 11.1. The number of carbonyl (C=O) groups is 1. The van der Waals surface area contributed by atoms with Gasteiger partial charge >= 0.3 is 5.97 Å². The highest BCUT2D eigenvalue weighted by Crippen LogP contribution is 2.25. The van der Waals surface area contributed by atoms with E-state index in [1.54, 1.807) is 41.3 Å². The van der Waals surface area contributed by atoms with E-state index in [4.69, 9.17) is 16.7 Å². The van der Waals surface area contributed by atoms with Crippen LogP contribution in [0.4, 0.5) is 5.69 Å². The van der Waals surface area contributed by atoms with Crippen LogP contribution < -0.4 is 4.90 Å². The molecule has 0 bridgehead atoms. The molecule has 5 heteroatoms. The van der Waals surface area contributed by atoms with Crippen molar-refractivity contribution in [1.82, 2.24) is 0 Å². The SMILES string of the molecule is Cc1ccc(O)c(CN(CC(=O)O)c2cccc(Cl)c2)c1. The molecule has 0 aliphatic carbocycles. The normalized spacial score (nSPS) is 10.4. The molecule has 2 N–H and O–H groups in total. The second kappa shape index (κ2) is 6.50. The van der Waals surface area contributed by atoms with E-state index in [2.05, 4.69) is 0 Å². The fourth-order valence-electron chi connectivity index (χ4n) is 2.12. The predicted molar refractivity (Wildman–Crippen MR) is 83.0 cm³/mol. The van der Waals surface area contributed by atoms with Gasteiger partial charge in [0.2, 0.25) is 0 Å². The molecule has 0 saturated heterocycles. The number of aryl methyl sites for hydroxylation is 1. The quantitative estimate of drug-likeness (QED) is 0.888. The summed E-state index contributed by atoms with van der Waals surface area (Å²) >= 11 is 5.96. The second-order valence-corrected chi connectivity index (χ2v) is 5.30. The van der Waals surface area contributed by atoms with E-state index in [0.717, 1.165) is 5.56 Å². The summed E-state index contributed by atoms with van der Waals surface area (Å²) in [7, 11) is 0. The number of phenols is 1. The Morgan fingerprint density at radius 3 is 2.67 bits per heavy atom. The van der Waals surface area contributed by atoms with Gasteiger partial charge in [0.25, 0.3) is 0 Å². The molecular weight excluding hydrogens is 290 g/mol. The Morgan fingerprint density at radius 1 is 1.24 bits per heavy atom. The number of phenolic OH excluding ortho intramolecular Hbond substituents is 1. The van der Waals surface area contributed by atoms with Gasteiger partial charge in [-0.15, -0.1) is 0 Å². The van der Waals surface area contributed by atoms with E-state index < -0.39 is 5.97 Å². The Kier molecular flexibility index (Phi) is 4.70. The third kappa shape index (κ3) is 4.13. The van der Waals surface area contributed by atoms with Crippen LogP contribution in [-0.2, 0) is 11.3 Å². The number of aromatic hydroxyl groups is 1. The van der Waals surface area contributed by atoms with Crippen molar-refractivity contribution in [2.45, 2.75) is 13.5 Å². The van der Waals surface area contributed by atoms with Gasteiger partial charge in [0.05, 0.1) is 0 Å². The van der Waals surface area contributed by atoms with Crippen molar-refractivity contribution in [2.24, 2.45) is 0 Å². The van der Waals surface area contributed by atoms with Crippen LogP contribution >= 0.6 is 11.6 Å². The lowest BCUT2D eigenvalue weighted by Crippen LogP contribution is -2.29. The molecule has 0 aromatic heterocycles. The van der Waals surface area contributed by atoms with Gasteiger partial charge in [0.1, 0.15) is 12.3 Å². The van der Waals surface area contributed by atoms with Crippen molar-refractivity contribution in [2.75, 3.05) is 11.4 Å². The molecule has 0 atom stereocenters. The maximum Gasteiger partial charge on any atom is 0.323 e. The molecule has 0 unspecified atom stereocenters. The molecule has 2 aromatic carbocycles. The summed E-state index contributed by atoms with van der Waals surface area (Å²) in [5.41, 5.74) is 2.38. The van der Waals surface area contributed by atoms with Crippen LogP contribution in [-0.4, -0.2) is 22.7 Å². The van der Waals surface area contributed by atoms with Gasteiger partial charge in [-0.2, -0.15) is 0 Å². The molecule has 0 aliphatic heterocycles. The highest BCUT2D eigenvalue weighted by molar-refractivity contribution is 6.30. The van der Waals surface area contributed by atoms with Crippen molar-refractivity contribution in [3.8, 4) is 5.75 Å². The molecular formula is C16H16ClNO3. The monoisotopic (exact) mass is 305 g/mol. The Morgan fingerprint density at radius 2 is 2.00 bits per heavy atom. The van der Waals surface area contributed by atoms with E-state index >= 15 is 0 Å². The molecule has 0 spiro atoms. The topological polar surface area (TPSA) is 60.8 Å². The van der Waals surface area contributed by atoms with Crippen LogP contribution in [0.1, 0.15) is 11.1 Å². The zero-order chi connectivity index (χ0) is 15.4. The molecule has 0 aliphatic rings. The standard InChI is InChI=1S/C16H16ClNO3/c1-11-5-6-15(19)12(7-11)9-18(10-16(20)21)14-4-2-3-13(17)8-14/h2-8,19H,9-10H2,1H3,(H,20,21). The van der Waals surface area contributed by atoms with Crippen LogP contribution in [0.2, 0.25) is 5.02 Å². The lowest BCUT2D eigenvalue weighted by atomic mass is 10.1. The number of hydrogen-bond acceptors (Lipinski definition) is 3. The van der Waals surface area contributed by atoms with Crippen molar-refractivity contribution in [3.05, 3.63) is 58.6 Å². The number of benzene rings is 2. The minimum absolute atomic E-state index is 0.151. The van der Waals surface area contributed by atoms with Gasteiger partial charge in [-0.25, -0.2) is 0 Å². The number of carboxylic acid groups (broad SMARTS) is 1. The molecule has 21 heavy (non-hydrogen) atoms. The van der Waals surface area contributed by atoms with Crippen LogP contribution in [0.3, 0.4) is 0 Å². The maximum atomic E-state index is 11.1. The van der Waals surface area contributed by atoms with E-state index in [1.807, 2.05) is 13.0 Å². The second-order valence-electron chi connectivity index (χ2n) is 4.86. The first-order chi connectivity index (χ1) is 9.95. The van der Waals surface area contributed by atoms with E-state index in [1.165, 1.54) is 0 Å². The van der Waals surface area contributed by atoms with Crippen LogP contribution in [0.15, 0.2) is 42.5 Å². The summed E-state index contributed by atoms with van der Waals surface area (Å²) in [6.07, 6.45) is 0. The van der Waals surface area contributed by atoms with Gasteiger partial charge in [0.15, 0.2) is 0 Å². The zero-order valence-corrected chi connectivity index (χ0v) is 12.3. The molecule has 2 aromatic rings. The van der Waals surface area contributed by atoms with Gasteiger partial charge in [0, 0.05) is 22.8 Å². The first-order valence-electron chi connectivity index (χ1n) is 6.46. The fraction of sp³-hybridized carbons (Fsp3) is 0.188. The number of nitrogens with zero attached hydrogens (tertiary/aromatic N) is 1. The number of anilines is 1. The summed E-state index contributed by atoms with van der Waals surface area (Å²) in [4.78, 5) is 12.7. The molecule has 0 saturated carbocycles. The Bertz CT molecular complexity index is 658. The number of halogens is 1. The lowest BCUT2D eigenvalue weighted by molar-refractivity contribution is -0.135. The fourth-order valence-corrected chi connectivity index (χ4v) is 2.31. The highest BCUT2D eigenvalue weighted by atomic mass is 35.5. The van der Waals surface area contributed by atoms with Crippen molar-refractivity contribution < 1.29 is 15.0 Å². The van der Waals surface area contributed by atoms with Gasteiger partial charge < -0.3 is 15.1 Å². The predicted octanol–water partition coefficient (Wildman–Crippen LogP) is 3.45. The van der Waals surface area contributed by atoms with Crippen molar-refractivity contribution >= 4 is 23.3 Å². The largest absolute Gasteiger partial charge is 0.508 e. The van der Waals surface area contributed by atoms with Gasteiger partial charge in [-0.1, -0.05) is 35.4 Å². The third-order valence-corrected chi connectivity index (χ3v) is 3.33. The average molecular weight is 306 g/mol. The Labute approximate surface area is 128 Å². The first kappa shape index (κ1) is 15.2. The summed E-state index contributed by atoms with van der Waals surface area (Å²) < 4.78 is 0. The highest BCUT2D eigenvalue weighted by Gasteiger charge is 2.14. The first-order valence-corrected chi connectivity index (χ1v) is 6.84. The molecule has 0 amide bonds. The van der Waals surface area contributed by atoms with Crippen molar-refractivity contribution in [1.29, 1.82) is 0 Å². The number of aliphatic carboxylic acids is 1. The van der Waals surface area contributed by atoms with Crippen LogP contribution in [0.25, 0.3) is 0 Å². The Hall–Kier alpha value is -2.20. The van der Waals surface area contributed by atoms with E-state index in [-0.39, 0.29) is 12.3 Å². The summed E-state index contributed by atoms with van der Waals surface area (Å²) in [6.45, 7) is 2.04. The molecule has 110 valence electrons. The number of carboxylic acids is 1. The minimum atomic E-state index is -0.942. The molecule has 2 rings (SSSR count). The van der Waals surface area contributed by atoms with Crippen molar-refractivity contribution in [3.63, 3.8) is 0 Å². The lowest BCUT2D eigenvalue weighted by Gasteiger charge is -2.23. The number of rotatable bonds is 5. The Balaban J connectivity index is 2.32. The summed E-state index contributed by atoms with van der Waals surface area (Å²) in [5, 5.41) is 19.5. The van der Waals surface area contributed by atoms with Crippen LogP contribution in [0.5, 0.6) is 5.75 Å². The minimum Gasteiger partial charge on any atom is -0.508 e. The third-order valence-electron chi connectivity index (χ3n) is 3.10. The molecule has 0 radical (unpaired) electrons. The van der Waals surface area contributed by atoms with Crippen LogP contribution in [0, 0.1) is 6.92 Å². The van der Waals surface area contributed by atoms with E-state index in [0.29, 0.717) is 22.8 Å². The molecule has 0 fully saturated rings. The summed E-state index contributed by atoms with van der Waals surface area (Å²) in [5.74, 6) is -0.792. The van der Waals surface area contributed by atoms with E-state index in [9.17, 15) is 9.90 Å². The smallest absolute Gasteiger partial charge is 0.323 e. The molecule has 4 nitrogen and oxygen atoms in total. The summed E-state index contributed by atoms with van der Waals surface area (Å²) in [6, 6.07) is 12.3. The molecule has 0 heterocycles. The van der Waals surface area contributed by atoms with Gasteiger partial charge in [-0.3, -0.25) is 4.79 Å².